The Hall–Kier alpha value is -0.360. The second-order valence-corrected chi connectivity index (χ2v) is 7.09. The lowest BCUT2D eigenvalue weighted by atomic mass is 10.2. The van der Waals surface area contributed by atoms with Crippen LogP contribution in [0.25, 0.3) is 0 Å². The molecule has 0 bridgehead atoms. The van der Waals surface area contributed by atoms with Crippen molar-refractivity contribution in [2.75, 3.05) is 12.8 Å². The molecule has 0 spiro atoms. The molecule has 2 rings (SSSR count). The van der Waals surface area contributed by atoms with Gasteiger partial charge >= 0.3 is 0 Å². The Kier molecular flexibility index (Phi) is 5.88. The van der Waals surface area contributed by atoms with Crippen LogP contribution in [0.3, 0.4) is 0 Å². The monoisotopic (exact) mass is 359 g/mol. The predicted octanol–water partition coefficient (Wildman–Crippen LogP) is 4.57. The van der Waals surface area contributed by atoms with Crippen molar-refractivity contribution in [3.63, 3.8) is 0 Å². The average Bonchev–Trinajstić information content (AvgIpc) is 2.82. The molecule has 0 radical (unpaired) electrons. The van der Waals surface area contributed by atoms with E-state index in [0.717, 1.165) is 17.1 Å². The summed E-state index contributed by atoms with van der Waals surface area (Å²) in [7, 11) is 1.98. The van der Waals surface area contributed by atoms with Crippen molar-refractivity contribution in [2.24, 2.45) is 0 Å². The highest BCUT2D eigenvalue weighted by Crippen LogP contribution is 2.26. The summed E-state index contributed by atoms with van der Waals surface area (Å²) >= 11 is 7.08. The van der Waals surface area contributed by atoms with Crippen LogP contribution in [0, 0.1) is 5.82 Å². The summed E-state index contributed by atoms with van der Waals surface area (Å²) in [5.41, 5.74) is 0. The van der Waals surface area contributed by atoms with Gasteiger partial charge in [0, 0.05) is 26.0 Å². The largest absolute Gasteiger partial charge is 0.316 e. The Bertz CT molecular complexity index is 512. The summed E-state index contributed by atoms with van der Waals surface area (Å²) < 4.78 is 14.0. The van der Waals surface area contributed by atoms with E-state index in [2.05, 4.69) is 32.7 Å². The fraction of sp³-hybridized carbons (Fsp3) is 0.286. The minimum Gasteiger partial charge on any atom is -0.316 e. The normalized spacial score (nSPS) is 12.6. The van der Waals surface area contributed by atoms with E-state index in [0.29, 0.717) is 6.04 Å². The highest BCUT2D eigenvalue weighted by atomic mass is 79.9. The fourth-order valence-electron chi connectivity index (χ4n) is 1.67. The molecular formula is C14H15BrFNS2. The Morgan fingerprint density at radius 2 is 2.05 bits per heavy atom. The third-order valence-corrected chi connectivity index (χ3v) is 5.92. The maximum absolute atomic E-state index is 12.8. The zero-order chi connectivity index (χ0) is 13.7. The van der Waals surface area contributed by atoms with Gasteiger partial charge in [0.2, 0.25) is 0 Å². The third-order valence-electron chi connectivity index (χ3n) is 2.80. The van der Waals surface area contributed by atoms with Gasteiger partial charge in [-0.2, -0.15) is 0 Å². The second kappa shape index (κ2) is 7.43. The third kappa shape index (κ3) is 4.60. The van der Waals surface area contributed by atoms with Crippen molar-refractivity contribution >= 4 is 39.0 Å². The molecule has 1 aromatic carbocycles. The van der Waals surface area contributed by atoms with Crippen LogP contribution in [0.2, 0.25) is 0 Å². The molecule has 0 aliphatic carbocycles. The van der Waals surface area contributed by atoms with Gasteiger partial charge < -0.3 is 5.32 Å². The van der Waals surface area contributed by atoms with Crippen LogP contribution in [-0.2, 0) is 6.42 Å². The number of halogens is 2. The molecule has 0 saturated carbocycles. The van der Waals surface area contributed by atoms with E-state index in [9.17, 15) is 4.39 Å². The van der Waals surface area contributed by atoms with Crippen molar-refractivity contribution in [2.45, 2.75) is 17.4 Å². The van der Waals surface area contributed by atoms with Crippen LogP contribution >= 0.6 is 39.0 Å². The van der Waals surface area contributed by atoms with E-state index in [4.69, 9.17) is 0 Å². The van der Waals surface area contributed by atoms with Crippen molar-refractivity contribution < 1.29 is 4.39 Å². The molecule has 1 aromatic heterocycles. The highest BCUT2D eigenvalue weighted by molar-refractivity contribution is 9.10. The van der Waals surface area contributed by atoms with Gasteiger partial charge in [0.1, 0.15) is 5.82 Å². The first-order valence-corrected chi connectivity index (χ1v) is 8.62. The van der Waals surface area contributed by atoms with E-state index < -0.39 is 0 Å². The quantitative estimate of drug-likeness (QED) is 0.758. The maximum atomic E-state index is 12.8. The van der Waals surface area contributed by atoms with Crippen LogP contribution in [0.4, 0.5) is 4.39 Å². The topological polar surface area (TPSA) is 12.0 Å². The zero-order valence-electron chi connectivity index (χ0n) is 10.5. The summed E-state index contributed by atoms with van der Waals surface area (Å²) in [6.07, 6.45) is 1.00. The molecule has 0 aliphatic heterocycles. The smallest absolute Gasteiger partial charge is 0.123 e. The van der Waals surface area contributed by atoms with Gasteiger partial charge in [-0.3, -0.25) is 0 Å². The van der Waals surface area contributed by atoms with Crippen LogP contribution in [0.15, 0.2) is 45.1 Å². The van der Waals surface area contributed by atoms with Crippen LogP contribution in [-0.4, -0.2) is 18.8 Å². The first-order valence-electron chi connectivity index (χ1n) is 5.96. The SMILES string of the molecule is CNC(CSc1ccc(F)cc1)Cc1sccc1Br. The molecule has 1 N–H and O–H groups in total. The van der Waals surface area contributed by atoms with Gasteiger partial charge in [-0.25, -0.2) is 4.39 Å². The van der Waals surface area contributed by atoms with E-state index >= 15 is 0 Å². The lowest BCUT2D eigenvalue weighted by molar-refractivity contribution is 0.620. The van der Waals surface area contributed by atoms with E-state index in [1.807, 2.05) is 19.2 Å². The van der Waals surface area contributed by atoms with Crippen molar-refractivity contribution in [3.05, 3.63) is 50.9 Å². The molecule has 5 heteroatoms. The van der Waals surface area contributed by atoms with Crippen LogP contribution in [0.5, 0.6) is 0 Å². The van der Waals surface area contributed by atoms with Gasteiger partial charge in [-0.15, -0.1) is 23.1 Å². The van der Waals surface area contributed by atoms with Gasteiger partial charge in [-0.1, -0.05) is 0 Å². The van der Waals surface area contributed by atoms with Gasteiger partial charge in [0.15, 0.2) is 0 Å². The number of rotatable bonds is 6. The standard InChI is InChI=1S/C14H15BrFNS2/c1-17-11(8-14-13(15)6-7-18-14)9-19-12-4-2-10(16)3-5-12/h2-7,11,17H,8-9H2,1H3. The summed E-state index contributed by atoms with van der Waals surface area (Å²) in [5, 5.41) is 5.44. The molecule has 0 saturated heterocycles. The minimum absolute atomic E-state index is 0.183. The van der Waals surface area contributed by atoms with Gasteiger partial charge in [0.05, 0.1) is 0 Å². The maximum Gasteiger partial charge on any atom is 0.123 e. The molecule has 102 valence electrons. The number of thiophene rings is 1. The zero-order valence-corrected chi connectivity index (χ0v) is 13.7. The molecule has 19 heavy (non-hydrogen) atoms. The molecule has 1 nitrogen and oxygen atoms in total. The van der Waals surface area contributed by atoms with Crippen molar-refractivity contribution in [1.82, 2.24) is 5.32 Å². The second-order valence-electron chi connectivity index (χ2n) is 4.15. The molecule has 0 aliphatic rings. The highest BCUT2D eigenvalue weighted by Gasteiger charge is 2.11. The Morgan fingerprint density at radius 3 is 2.63 bits per heavy atom. The van der Waals surface area contributed by atoms with Crippen molar-refractivity contribution in [1.29, 1.82) is 0 Å². The Balaban J connectivity index is 1.89. The van der Waals surface area contributed by atoms with E-state index in [1.54, 1.807) is 23.1 Å². The molecule has 1 atom stereocenters. The Morgan fingerprint density at radius 1 is 1.32 bits per heavy atom. The van der Waals surface area contributed by atoms with Crippen molar-refractivity contribution in [3.8, 4) is 0 Å². The first kappa shape index (κ1) is 15.0. The number of thioether (sulfide) groups is 1. The van der Waals surface area contributed by atoms with E-state index in [-0.39, 0.29) is 5.82 Å². The van der Waals surface area contributed by atoms with E-state index in [1.165, 1.54) is 21.5 Å². The molecule has 1 unspecified atom stereocenters. The lowest BCUT2D eigenvalue weighted by Gasteiger charge is -2.15. The number of benzene rings is 1. The number of likely N-dealkylation sites (N-methyl/N-ethyl adjacent to an activating group) is 1. The first-order chi connectivity index (χ1) is 9.19. The summed E-state index contributed by atoms with van der Waals surface area (Å²) in [6.45, 7) is 0. The summed E-state index contributed by atoms with van der Waals surface area (Å²) in [6, 6.07) is 9.16. The Labute approximate surface area is 129 Å². The molecule has 2 aromatic rings. The number of hydrogen-bond donors (Lipinski definition) is 1. The van der Waals surface area contributed by atoms with Gasteiger partial charge in [-0.05, 0) is 65.1 Å². The number of hydrogen-bond acceptors (Lipinski definition) is 3. The molecular weight excluding hydrogens is 345 g/mol. The summed E-state index contributed by atoms with van der Waals surface area (Å²) in [4.78, 5) is 2.46. The fourth-order valence-corrected chi connectivity index (χ4v) is 4.27. The molecule has 0 fully saturated rings. The lowest BCUT2D eigenvalue weighted by Crippen LogP contribution is -2.29. The number of nitrogens with one attached hydrogen (secondary N) is 1. The average molecular weight is 360 g/mol. The molecule has 0 amide bonds. The summed E-state index contributed by atoms with van der Waals surface area (Å²) in [5.74, 6) is 0.781. The van der Waals surface area contributed by atoms with Crippen LogP contribution in [0.1, 0.15) is 4.88 Å². The minimum atomic E-state index is -0.183. The van der Waals surface area contributed by atoms with Gasteiger partial charge in [0.25, 0.3) is 0 Å². The predicted molar refractivity (Wildman–Crippen MR) is 85.7 cm³/mol. The van der Waals surface area contributed by atoms with Crippen LogP contribution < -0.4 is 5.32 Å². The molecule has 1 heterocycles.